The van der Waals surface area contributed by atoms with Crippen LogP contribution in [0.1, 0.15) is 109 Å². The van der Waals surface area contributed by atoms with Gasteiger partial charge in [-0.2, -0.15) is 0 Å². The van der Waals surface area contributed by atoms with Crippen LogP contribution in [-0.2, 0) is 14.3 Å². The molecule has 3 aliphatic rings. The molecule has 3 saturated carbocycles. The zero-order valence-electron chi connectivity index (χ0n) is 21.1. The maximum absolute atomic E-state index is 12.8. The molecule has 0 unspecified atom stereocenters. The van der Waals surface area contributed by atoms with Crippen LogP contribution in [0.4, 0.5) is 0 Å². The lowest BCUT2D eigenvalue weighted by Gasteiger charge is -2.38. The van der Waals surface area contributed by atoms with E-state index in [1.807, 2.05) is 0 Å². The smallest absolute Gasteiger partial charge is 0.309 e. The van der Waals surface area contributed by atoms with Crippen LogP contribution in [0, 0.1) is 23.7 Å². The summed E-state index contributed by atoms with van der Waals surface area (Å²) in [5.74, 6) is 3.52. The average molecular weight is 455 g/mol. The van der Waals surface area contributed by atoms with Crippen molar-refractivity contribution in [3.8, 4) is 0 Å². The van der Waals surface area contributed by atoms with E-state index in [2.05, 4.69) is 44.2 Å². The summed E-state index contributed by atoms with van der Waals surface area (Å²) in [5.41, 5.74) is 1.49. The molecular formula is C30H46O3. The lowest BCUT2D eigenvalue weighted by Crippen LogP contribution is -2.33. The highest BCUT2D eigenvalue weighted by molar-refractivity contribution is 5.72. The van der Waals surface area contributed by atoms with E-state index < -0.39 is 0 Å². The minimum atomic E-state index is 0.0897. The fraction of sp³-hybridized carbons (Fsp3) is 0.767. The fourth-order valence-electron chi connectivity index (χ4n) is 6.95. The number of hydrogen-bond donors (Lipinski definition) is 0. The van der Waals surface area contributed by atoms with Gasteiger partial charge in [-0.1, -0.05) is 50.1 Å². The van der Waals surface area contributed by atoms with Crippen molar-refractivity contribution in [3.63, 3.8) is 0 Å². The van der Waals surface area contributed by atoms with E-state index >= 15 is 0 Å². The molecule has 3 aliphatic carbocycles. The van der Waals surface area contributed by atoms with Gasteiger partial charge in [0.2, 0.25) is 0 Å². The first-order valence-corrected chi connectivity index (χ1v) is 14.0. The van der Waals surface area contributed by atoms with E-state index in [4.69, 9.17) is 9.47 Å². The number of rotatable bonds is 8. The minimum Gasteiger partial charge on any atom is -0.462 e. The highest BCUT2D eigenvalue weighted by Gasteiger charge is 2.35. The van der Waals surface area contributed by atoms with E-state index in [0.29, 0.717) is 12.0 Å². The lowest BCUT2D eigenvalue weighted by atomic mass is 9.68. The number of carbonyl (C=O) groups excluding carboxylic acids is 1. The first-order chi connectivity index (χ1) is 16.1. The summed E-state index contributed by atoms with van der Waals surface area (Å²) in [4.78, 5) is 12.8. The van der Waals surface area contributed by atoms with Gasteiger partial charge >= 0.3 is 5.97 Å². The molecule has 0 aliphatic heterocycles. The Morgan fingerprint density at radius 3 is 2.00 bits per heavy atom. The number of hydrogen-bond acceptors (Lipinski definition) is 3. The summed E-state index contributed by atoms with van der Waals surface area (Å²) >= 11 is 0. The van der Waals surface area contributed by atoms with E-state index in [1.165, 1.54) is 50.5 Å². The molecule has 0 amide bonds. The molecule has 0 bridgehead atoms. The Kier molecular flexibility index (Phi) is 9.29. The number of ether oxygens (including phenoxy) is 2. The first-order valence-electron chi connectivity index (χ1n) is 14.0. The van der Waals surface area contributed by atoms with Crippen LogP contribution >= 0.6 is 0 Å². The van der Waals surface area contributed by atoms with Crippen molar-refractivity contribution in [1.82, 2.24) is 0 Å². The third-order valence-corrected chi connectivity index (χ3v) is 9.03. The van der Waals surface area contributed by atoms with Gasteiger partial charge in [0.05, 0.1) is 12.0 Å². The molecule has 0 spiro atoms. The van der Waals surface area contributed by atoms with Crippen LogP contribution in [-0.4, -0.2) is 24.8 Å². The molecule has 1 aromatic rings. The summed E-state index contributed by atoms with van der Waals surface area (Å²) in [6.45, 7) is 5.24. The Morgan fingerprint density at radius 1 is 0.818 bits per heavy atom. The molecule has 3 fully saturated rings. The van der Waals surface area contributed by atoms with Gasteiger partial charge in [-0.15, -0.1) is 0 Å². The van der Waals surface area contributed by atoms with Crippen LogP contribution in [0.5, 0.6) is 0 Å². The first kappa shape index (κ1) is 24.8. The van der Waals surface area contributed by atoms with Gasteiger partial charge < -0.3 is 9.47 Å². The molecule has 0 radical (unpaired) electrons. The molecule has 3 nitrogen and oxygen atoms in total. The highest BCUT2D eigenvalue weighted by Crippen LogP contribution is 2.43. The second kappa shape index (κ2) is 12.4. The molecular weight excluding hydrogens is 408 g/mol. The third kappa shape index (κ3) is 7.07. The van der Waals surface area contributed by atoms with Crippen molar-refractivity contribution in [2.75, 3.05) is 6.61 Å². The standard InChI is InChI=1S/C30H46O3/c1-3-32-28-17-19-29(20-18-28)33-30(31)27-15-13-26(14-16-27)25-11-9-23(10-12-25)21-22(2)24-7-5-4-6-8-24/h4-8,22-23,25-29H,3,9-21H2,1-2H3/t22-,23?,25?,26?,27?,28?,29?/m0/s1. The van der Waals surface area contributed by atoms with Crippen molar-refractivity contribution < 1.29 is 14.3 Å². The summed E-state index contributed by atoms with van der Waals surface area (Å²) in [6, 6.07) is 11.0. The van der Waals surface area contributed by atoms with Gasteiger partial charge in [-0.25, -0.2) is 0 Å². The monoisotopic (exact) mass is 454 g/mol. The Hall–Kier alpha value is -1.35. The Labute approximate surface area is 202 Å². The van der Waals surface area contributed by atoms with E-state index in [-0.39, 0.29) is 18.0 Å². The van der Waals surface area contributed by atoms with Gasteiger partial charge in [-0.3, -0.25) is 4.79 Å². The second-order valence-corrected chi connectivity index (χ2v) is 11.2. The van der Waals surface area contributed by atoms with Crippen LogP contribution in [0.2, 0.25) is 0 Å². The SMILES string of the molecule is CCOC1CCC(OC(=O)C2CCC(C3CCC(C[C@H](C)c4ccccc4)CC3)CC2)CC1. The quantitative estimate of drug-likeness (QED) is 0.378. The van der Waals surface area contributed by atoms with Crippen molar-refractivity contribution in [1.29, 1.82) is 0 Å². The number of carbonyl (C=O) groups is 1. The summed E-state index contributed by atoms with van der Waals surface area (Å²) in [5, 5.41) is 0. The molecule has 1 aromatic carbocycles. The number of benzene rings is 1. The largest absolute Gasteiger partial charge is 0.462 e. The Bertz CT molecular complexity index is 693. The van der Waals surface area contributed by atoms with Gasteiger partial charge in [-0.05, 0) is 107 Å². The Balaban J connectivity index is 1.13. The topological polar surface area (TPSA) is 35.5 Å². The molecule has 33 heavy (non-hydrogen) atoms. The predicted molar refractivity (Wildman–Crippen MR) is 134 cm³/mol. The van der Waals surface area contributed by atoms with E-state index in [9.17, 15) is 4.79 Å². The molecule has 1 atom stereocenters. The van der Waals surface area contributed by atoms with Gasteiger partial charge in [0, 0.05) is 6.61 Å². The minimum absolute atomic E-state index is 0.0897. The molecule has 0 saturated heterocycles. The molecule has 0 N–H and O–H groups in total. The maximum Gasteiger partial charge on any atom is 0.309 e. The van der Waals surface area contributed by atoms with Crippen LogP contribution in [0.3, 0.4) is 0 Å². The van der Waals surface area contributed by atoms with Crippen molar-refractivity contribution >= 4 is 5.97 Å². The normalized spacial score (nSPS) is 33.9. The molecule has 4 rings (SSSR count). The van der Waals surface area contributed by atoms with Crippen molar-refractivity contribution in [3.05, 3.63) is 35.9 Å². The van der Waals surface area contributed by atoms with Crippen molar-refractivity contribution in [2.45, 2.75) is 115 Å². The van der Waals surface area contributed by atoms with Crippen LogP contribution in [0.25, 0.3) is 0 Å². The van der Waals surface area contributed by atoms with Crippen molar-refractivity contribution in [2.24, 2.45) is 23.7 Å². The number of esters is 1. The zero-order valence-corrected chi connectivity index (χ0v) is 21.1. The fourth-order valence-corrected chi connectivity index (χ4v) is 6.95. The van der Waals surface area contributed by atoms with Crippen LogP contribution in [0.15, 0.2) is 30.3 Å². The van der Waals surface area contributed by atoms with E-state index in [1.54, 1.807) is 0 Å². The maximum atomic E-state index is 12.8. The van der Waals surface area contributed by atoms with Crippen LogP contribution < -0.4 is 0 Å². The average Bonchev–Trinajstić information content (AvgIpc) is 2.86. The second-order valence-electron chi connectivity index (χ2n) is 11.2. The summed E-state index contributed by atoms with van der Waals surface area (Å²) in [6.07, 6.45) is 16.0. The lowest BCUT2D eigenvalue weighted by molar-refractivity contribution is -0.158. The third-order valence-electron chi connectivity index (χ3n) is 9.03. The van der Waals surface area contributed by atoms with Gasteiger partial charge in [0.15, 0.2) is 0 Å². The van der Waals surface area contributed by atoms with Gasteiger partial charge in [0.1, 0.15) is 6.10 Å². The highest BCUT2D eigenvalue weighted by atomic mass is 16.5. The molecule has 0 aromatic heterocycles. The zero-order chi connectivity index (χ0) is 23.0. The molecule has 184 valence electrons. The molecule has 3 heteroatoms. The predicted octanol–water partition coefficient (Wildman–Crippen LogP) is 7.68. The summed E-state index contributed by atoms with van der Waals surface area (Å²) < 4.78 is 11.7. The Morgan fingerprint density at radius 2 is 1.39 bits per heavy atom. The van der Waals surface area contributed by atoms with E-state index in [0.717, 1.165) is 62.9 Å². The van der Waals surface area contributed by atoms with Gasteiger partial charge in [0.25, 0.3) is 0 Å². The molecule has 0 heterocycles. The summed E-state index contributed by atoms with van der Waals surface area (Å²) in [7, 11) is 0.